The zero-order valence-corrected chi connectivity index (χ0v) is 20.0. The van der Waals surface area contributed by atoms with Gasteiger partial charge >= 0.3 is 5.97 Å². The third-order valence-electron chi connectivity index (χ3n) is 4.56. The van der Waals surface area contributed by atoms with E-state index in [2.05, 4.69) is 15.6 Å². The minimum Gasteiger partial charge on any atom is -0.465 e. The van der Waals surface area contributed by atoms with E-state index in [4.69, 9.17) is 18.6 Å². The lowest BCUT2D eigenvalue weighted by Crippen LogP contribution is -2.38. The van der Waals surface area contributed by atoms with Gasteiger partial charge in [0.15, 0.2) is 5.96 Å². The van der Waals surface area contributed by atoms with Crippen LogP contribution in [0.5, 0.6) is 0 Å². The summed E-state index contributed by atoms with van der Waals surface area (Å²) < 4.78 is 21.5. The highest BCUT2D eigenvalue weighted by atomic mass is 127. The van der Waals surface area contributed by atoms with Crippen molar-refractivity contribution in [3.63, 3.8) is 0 Å². The van der Waals surface area contributed by atoms with Gasteiger partial charge in [0, 0.05) is 39.5 Å². The Bertz CT molecular complexity index is 630. The molecule has 1 aliphatic rings. The third kappa shape index (κ3) is 9.35. The van der Waals surface area contributed by atoms with Crippen LogP contribution in [0.15, 0.2) is 15.5 Å². The van der Waals surface area contributed by atoms with Gasteiger partial charge in [0.05, 0.1) is 7.11 Å². The number of nitrogens with zero attached hydrogens (tertiary/aromatic N) is 1. The van der Waals surface area contributed by atoms with Crippen LogP contribution in [0.1, 0.15) is 48.1 Å². The summed E-state index contributed by atoms with van der Waals surface area (Å²) in [7, 11) is 1.35. The predicted octanol–water partition coefficient (Wildman–Crippen LogP) is 2.88. The Morgan fingerprint density at radius 1 is 1.31 bits per heavy atom. The van der Waals surface area contributed by atoms with Gasteiger partial charge in [-0.1, -0.05) is 0 Å². The van der Waals surface area contributed by atoms with Crippen molar-refractivity contribution in [3.8, 4) is 0 Å². The Kier molecular flexibility index (Phi) is 13.0. The van der Waals surface area contributed by atoms with E-state index in [1.807, 2.05) is 6.92 Å². The number of furan rings is 1. The maximum atomic E-state index is 11.7. The van der Waals surface area contributed by atoms with Gasteiger partial charge in [0.1, 0.15) is 23.6 Å². The number of hydrogen-bond acceptors (Lipinski definition) is 6. The molecule has 0 bridgehead atoms. The molecule has 29 heavy (non-hydrogen) atoms. The van der Waals surface area contributed by atoms with E-state index in [0.717, 1.165) is 58.8 Å². The van der Waals surface area contributed by atoms with Crippen molar-refractivity contribution in [1.82, 2.24) is 10.6 Å². The summed E-state index contributed by atoms with van der Waals surface area (Å²) in [4.78, 5) is 16.2. The third-order valence-corrected chi connectivity index (χ3v) is 4.56. The van der Waals surface area contributed by atoms with Crippen LogP contribution in [-0.4, -0.2) is 58.6 Å². The van der Waals surface area contributed by atoms with Crippen LogP contribution in [0.25, 0.3) is 0 Å². The second-order valence-electron chi connectivity index (χ2n) is 6.78. The fourth-order valence-electron chi connectivity index (χ4n) is 2.98. The summed E-state index contributed by atoms with van der Waals surface area (Å²) in [6, 6.07) is 1.68. The van der Waals surface area contributed by atoms with E-state index >= 15 is 0 Å². The molecule has 8 nitrogen and oxygen atoms in total. The Morgan fingerprint density at radius 3 is 2.76 bits per heavy atom. The van der Waals surface area contributed by atoms with Gasteiger partial charge in [0.25, 0.3) is 0 Å². The van der Waals surface area contributed by atoms with E-state index in [1.165, 1.54) is 7.11 Å². The first kappa shape index (κ1) is 25.7. The number of aliphatic imine (C=N–C) groups is 1. The van der Waals surface area contributed by atoms with Crippen molar-refractivity contribution in [1.29, 1.82) is 0 Å². The van der Waals surface area contributed by atoms with Crippen molar-refractivity contribution < 1.29 is 23.4 Å². The smallest absolute Gasteiger partial charge is 0.341 e. The molecule has 0 saturated carbocycles. The quantitative estimate of drug-likeness (QED) is 0.160. The number of halogens is 1. The molecule has 0 aliphatic carbocycles. The SMILES string of the molecule is CCNC(=NCc1cc(C(=O)OC)c(C)o1)NCCCOCC1CCOCC1.I. The molecule has 9 heteroatoms. The van der Waals surface area contributed by atoms with E-state index in [9.17, 15) is 4.79 Å². The van der Waals surface area contributed by atoms with Gasteiger partial charge in [-0.2, -0.15) is 0 Å². The molecular formula is C20H34IN3O5. The maximum absolute atomic E-state index is 11.7. The fraction of sp³-hybridized carbons (Fsp3) is 0.700. The minimum absolute atomic E-state index is 0. The summed E-state index contributed by atoms with van der Waals surface area (Å²) >= 11 is 0. The zero-order chi connectivity index (χ0) is 20.2. The molecule has 2 N–H and O–H groups in total. The van der Waals surface area contributed by atoms with Crippen LogP contribution in [0, 0.1) is 12.8 Å². The van der Waals surface area contributed by atoms with Crippen LogP contribution in [-0.2, 0) is 20.8 Å². The monoisotopic (exact) mass is 523 g/mol. The number of methoxy groups -OCH3 is 1. The molecule has 1 fully saturated rings. The average Bonchev–Trinajstić information content (AvgIpc) is 3.09. The molecule has 0 spiro atoms. The first-order valence-corrected chi connectivity index (χ1v) is 9.99. The lowest BCUT2D eigenvalue weighted by atomic mass is 10.0. The topological polar surface area (TPSA) is 94.3 Å². The van der Waals surface area contributed by atoms with E-state index in [1.54, 1.807) is 13.0 Å². The van der Waals surface area contributed by atoms with E-state index in [-0.39, 0.29) is 24.0 Å². The average molecular weight is 523 g/mol. The van der Waals surface area contributed by atoms with Gasteiger partial charge in [-0.25, -0.2) is 9.79 Å². The first-order chi connectivity index (χ1) is 13.6. The number of hydrogen-bond donors (Lipinski definition) is 2. The van der Waals surface area contributed by atoms with Crippen LogP contribution in [0.2, 0.25) is 0 Å². The van der Waals surface area contributed by atoms with Gasteiger partial charge in [-0.15, -0.1) is 24.0 Å². The minimum atomic E-state index is -0.401. The number of guanidine groups is 1. The van der Waals surface area contributed by atoms with E-state index in [0.29, 0.717) is 35.5 Å². The lowest BCUT2D eigenvalue weighted by molar-refractivity contribution is 0.0203. The highest BCUT2D eigenvalue weighted by molar-refractivity contribution is 14.0. The predicted molar refractivity (Wildman–Crippen MR) is 122 cm³/mol. The summed E-state index contributed by atoms with van der Waals surface area (Å²) in [5, 5.41) is 6.49. The zero-order valence-electron chi connectivity index (χ0n) is 17.6. The number of ether oxygens (including phenoxy) is 3. The van der Waals surface area contributed by atoms with Crippen LogP contribution >= 0.6 is 24.0 Å². The van der Waals surface area contributed by atoms with Crippen molar-refractivity contribution in [2.75, 3.05) is 46.6 Å². The van der Waals surface area contributed by atoms with E-state index < -0.39 is 5.97 Å². The molecule has 0 amide bonds. The molecule has 2 rings (SSSR count). The number of carbonyl (C=O) groups excluding carboxylic acids is 1. The van der Waals surface area contributed by atoms with Gasteiger partial charge in [-0.3, -0.25) is 0 Å². The Hall–Kier alpha value is -1.33. The molecule has 0 unspecified atom stereocenters. The second kappa shape index (κ2) is 14.6. The fourth-order valence-corrected chi connectivity index (χ4v) is 2.98. The highest BCUT2D eigenvalue weighted by Gasteiger charge is 2.15. The molecule has 0 aromatic carbocycles. The summed E-state index contributed by atoms with van der Waals surface area (Å²) in [5.41, 5.74) is 0.437. The Labute approximate surface area is 190 Å². The van der Waals surface area contributed by atoms with Crippen LogP contribution < -0.4 is 10.6 Å². The molecule has 2 heterocycles. The number of rotatable bonds is 10. The van der Waals surface area contributed by atoms with Crippen molar-refractivity contribution in [2.45, 2.75) is 39.7 Å². The van der Waals surface area contributed by atoms with Crippen LogP contribution in [0.3, 0.4) is 0 Å². The van der Waals surface area contributed by atoms with Gasteiger partial charge in [-0.05, 0) is 45.1 Å². The van der Waals surface area contributed by atoms with Crippen molar-refractivity contribution in [2.24, 2.45) is 10.9 Å². The highest BCUT2D eigenvalue weighted by Crippen LogP contribution is 2.16. The molecule has 166 valence electrons. The Balaban J connectivity index is 0.00000420. The standard InChI is InChI=1S/C20H33N3O5.HI/c1-4-21-20(22-8-5-9-27-14-16-6-10-26-11-7-16)23-13-17-12-18(15(2)28-17)19(24)25-3;/h12,16H,4-11,13-14H2,1-3H3,(H2,21,22,23);1H. The number of nitrogens with one attached hydrogen (secondary N) is 2. The molecule has 1 saturated heterocycles. The molecule has 1 aromatic rings. The van der Waals surface area contributed by atoms with Crippen molar-refractivity contribution in [3.05, 3.63) is 23.2 Å². The lowest BCUT2D eigenvalue weighted by Gasteiger charge is -2.21. The molecule has 1 aromatic heterocycles. The molecule has 0 radical (unpaired) electrons. The number of carbonyl (C=O) groups is 1. The summed E-state index contributed by atoms with van der Waals surface area (Å²) in [5.74, 6) is 2.10. The normalized spacial score (nSPS) is 14.9. The number of esters is 1. The molecular weight excluding hydrogens is 489 g/mol. The number of aryl methyl sites for hydroxylation is 1. The van der Waals surface area contributed by atoms with Gasteiger partial charge < -0.3 is 29.3 Å². The second-order valence-corrected chi connectivity index (χ2v) is 6.78. The van der Waals surface area contributed by atoms with Crippen molar-refractivity contribution >= 4 is 35.9 Å². The van der Waals surface area contributed by atoms with Gasteiger partial charge in [0.2, 0.25) is 0 Å². The first-order valence-electron chi connectivity index (χ1n) is 9.99. The summed E-state index contributed by atoms with van der Waals surface area (Å²) in [6.07, 6.45) is 3.10. The summed E-state index contributed by atoms with van der Waals surface area (Å²) in [6.45, 7) is 8.88. The maximum Gasteiger partial charge on any atom is 0.341 e. The molecule has 1 aliphatic heterocycles. The van der Waals surface area contributed by atoms with Crippen LogP contribution in [0.4, 0.5) is 0 Å². The Morgan fingerprint density at radius 2 is 2.07 bits per heavy atom. The largest absolute Gasteiger partial charge is 0.465 e. The molecule has 0 atom stereocenters.